The number of ether oxygens (including phenoxy) is 1. The predicted octanol–water partition coefficient (Wildman–Crippen LogP) is 2.84. The summed E-state index contributed by atoms with van der Waals surface area (Å²) in [4.78, 5) is 24.3. The van der Waals surface area contributed by atoms with Crippen molar-refractivity contribution < 1.29 is 18.7 Å². The van der Waals surface area contributed by atoms with Crippen LogP contribution in [0.1, 0.15) is 20.7 Å². The van der Waals surface area contributed by atoms with Crippen LogP contribution in [0.15, 0.2) is 46.2 Å². The van der Waals surface area contributed by atoms with E-state index in [-0.39, 0.29) is 6.01 Å². The monoisotopic (exact) mass is 329 g/mol. The molecule has 0 aliphatic heterocycles. The summed E-state index contributed by atoms with van der Waals surface area (Å²) in [5.74, 6) is -0.534. The Morgan fingerprint density at radius 3 is 2.52 bits per heavy atom. The number of hydrogen-bond acceptors (Lipinski definition) is 7. The van der Waals surface area contributed by atoms with Crippen LogP contribution in [0.4, 0.5) is 6.01 Å². The lowest BCUT2D eigenvalue weighted by atomic mass is 10.1. The molecule has 1 N–H and O–H groups in total. The number of carbonyl (C=O) groups excluding carboxylic acids is 2. The number of carbonyl (C=O) groups is 2. The van der Waals surface area contributed by atoms with E-state index in [2.05, 4.69) is 20.3 Å². The van der Waals surface area contributed by atoms with Gasteiger partial charge in [0.15, 0.2) is 0 Å². The summed E-state index contributed by atoms with van der Waals surface area (Å²) in [6.07, 6.45) is 0. The fraction of sp³-hybridized carbons (Fsp3) is 0.0667. The highest BCUT2D eigenvalue weighted by Crippen LogP contribution is 2.24. The number of esters is 1. The molecule has 2 heterocycles. The van der Waals surface area contributed by atoms with Crippen LogP contribution in [-0.2, 0) is 4.74 Å². The fourth-order valence-electron chi connectivity index (χ4n) is 1.82. The molecule has 2 aromatic heterocycles. The van der Waals surface area contributed by atoms with E-state index < -0.39 is 11.9 Å². The minimum Gasteiger partial charge on any atom is -0.465 e. The third-order valence-electron chi connectivity index (χ3n) is 2.95. The minimum absolute atomic E-state index is 0.00967. The highest BCUT2D eigenvalue weighted by atomic mass is 32.1. The molecule has 0 saturated carbocycles. The van der Waals surface area contributed by atoms with Crippen LogP contribution in [0.25, 0.3) is 10.8 Å². The second kappa shape index (κ2) is 6.41. The quantitative estimate of drug-likeness (QED) is 0.740. The standard InChI is InChI=1S/C15H11N3O4S/c1-21-14(20)10-6-4-9(5-7-10)12(19)16-15-18-17-13(22-15)11-3-2-8-23-11/h2-8H,1H3,(H,16,18,19). The van der Waals surface area contributed by atoms with Gasteiger partial charge >= 0.3 is 12.0 Å². The van der Waals surface area contributed by atoms with Crippen molar-refractivity contribution in [2.45, 2.75) is 0 Å². The maximum absolute atomic E-state index is 12.1. The zero-order chi connectivity index (χ0) is 16.2. The number of anilines is 1. The van der Waals surface area contributed by atoms with Crippen LogP contribution < -0.4 is 5.32 Å². The molecule has 116 valence electrons. The molecule has 0 unspecified atom stereocenters. The van der Waals surface area contributed by atoms with E-state index in [1.54, 1.807) is 0 Å². The van der Waals surface area contributed by atoms with Gasteiger partial charge in [0.05, 0.1) is 17.6 Å². The van der Waals surface area contributed by atoms with Crippen molar-refractivity contribution in [1.29, 1.82) is 0 Å². The Balaban J connectivity index is 1.71. The first-order chi connectivity index (χ1) is 11.2. The average molecular weight is 329 g/mol. The maximum atomic E-state index is 12.1. The zero-order valence-corrected chi connectivity index (χ0v) is 12.8. The van der Waals surface area contributed by atoms with Gasteiger partial charge in [0, 0.05) is 5.56 Å². The molecule has 8 heteroatoms. The number of nitrogens with zero attached hydrogens (tertiary/aromatic N) is 2. The second-order valence-corrected chi connectivity index (χ2v) is 5.36. The number of hydrogen-bond donors (Lipinski definition) is 1. The summed E-state index contributed by atoms with van der Waals surface area (Å²) in [5.41, 5.74) is 0.718. The third kappa shape index (κ3) is 3.27. The largest absolute Gasteiger partial charge is 0.465 e. The van der Waals surface area contributed by atoms with Crippen molar-refractivity contribution in [3.8, 4) is 10.8 Å². The van der Waals surface area contributed by atoms with Crippen LogP contribution in [0.2, 0.25) is 0 Å². The van der Waals surface area contributed by atoms with Crippen molar-refractivity contribution in [3.05, 3.63) is 52.9 Å². The van der Waals surface area contributed by atoms with Gasteiger partial charge in [-0.1, -0.05) is 11.2 Å². The number of aromatic nitrogens is 2. The number of nitrogens with one attached hydrogen (secondary N) is 1. The van der Waals surface area contributed by atoms with Gasteiger partial charge in [-0.2, -0.15) is 0 Å². The van der Waals surface area contributed by atoms with Gasteiger partial charge in [0.25, 0.3) is 11.8 Å². The Kier molecular flexibility index (Phi) is 4.15. The van der Waals surface area contributed by atoms with Gasteiger partial charge in [0.2, 0.25) is 0 Å². The van der Waals surface area contributed by atoms with Crippen LogP contribution >= 0.6 is 11.3 Å². The van der Waals surface area contributed by atoms with E-state index >= 15 is 0 Å². The summed E-state index contributed by atoms with van der Waals surface area (Å²) < 4.78 is 9.98. The molecule has 0 aliphatic carbocycles. The lowest BCUT2D eigenvalue weighted by Crippen LogP contribution is -2.12. The van der Waals surface area contributed by atoms with E-state index in [0.29, 0.717) is 17.0 Å². The molecule has 0 atom stereocenters. The zero-order valence-electron chi connectivity index (χ0n) is 12.0. The smallest absolute Gasteiger partial charge is 0.337 e. The first-order valence-corrected chi connectivity index (χ1v) is 7.42. The van der Waals surface area contributed by atoms with Crippen molar-refractivity contribution >= 4 is 29.2 Å². The SMILES string of the molecule is COC(=O)c1ccc(C(=O)Nc2nnc(-c3cccs3)o2)cc1. The van der Waals surface area contributed by atoms with E-state index in [1.165, 1.54) is 42.7 Å². The van der Waals surface area contributed by atoms with Gasteiger partial charge in [-0.05, 0) is 35.7 Å². The van der Waals surface area contributed by atoms with Crippen molar-refractivity contribution in [2.75, 3.05) is 12.4 Å². The molecule has 0 saturated heterocycles. The Morgan fingerprint density at radius 1 is 1.13 bits per heavy atom. The molecule has 0 fully saturated rings. The lowest BCUT2D eigenvalue weighted by Gasteiger charge is -2.02. The Labute approximate surface area is 134 Å². The summed E-state index contributed by atoms with van der Waals surface area (Å²) in [6.45, 7) is 0. The molecule has 7 nitrogen and oxygen atoms in total. The minimum atomic E-state index is -0.463. The van der Waals surface area contributed by atoms with E-state index in [9.17, 15) is 9.59 Å². The maximum Gasteiger partial charge on any atom is 0.337 e. The van der Waals surface area contributed by atoms with Crippen LogP contribution in [-0.4, -0.2) is 29.2 Å². The fourth-order valence-corrected chi connectivity index (χ4v) is 2.46. The topological polar surface area (TPSA) is 94.3 Å². The number of amides is 1. The molecule has 0 radical (unpaired) electrons. The van der Waals surface area contributed by atoms with Gasteiger partial charge < -0.3 is 9.15 Å². The second-order valence-electron chi connectivity index (χ2n) is 4.41. The molecule has 1 aromatic carbocycles. The highest BCUT2D eigenvalue weighted by Gasteiger charge is 2.14. The number of benzene rings is 1. The number of thiophene rings is 1. The molecular formula is C15H11N3O4S. The Hall–Kier alpha value is -3.00. The van der Waals surface area contributed by atoms with Gasteiger partial charge in [0.1, 0.15) is 0 Å². The third-order valence-corrected chi connectivity index (χ3v) is 3.80. The average Bonchev–Trinajstić information content (AvgIpc) is 3.25. The predicted molar refractivity (Wildman–Crippen MR) is 83.3 cm³/mol. The molecular weight excluding hydrogens is 318 g/mol. The van der Waals surface area contributed by atoms with Crippen molar-refractivity contribution in [1.82, 2.24) is 10.2 Å². The van der Waals surface area contributed by atoms with E-state index in [1.807, 2.05) is 17.5 Å². The summed E-state index contributed by atoms with van der Waals surface area (Å²) in [6, 6.07) is 9.75. The Bertz CT molecular complexity index is 825. The van der Waals surface area contributed by atoms with E-state index in [4.69, 9.17) is 4.42 Å². The highest BCUT2D eigenvalue weighted by molar-refractivity contribution is 7.13. The van der Waals surface area contributed by atoms with Crippen LogP contribution in [0.3, 0.4) is 0 Å². The lowest BCUT2D eigenvalue weighted by molar-refractivity contribution is 0.0600. The van der Waals surface area contributed by atoms with Gasteiger partial charge in [-0.15, -0.1) is 16.4 Å². The van der Waals surface area contributed by atoms with Gasteiger partial charge in [-0.3, -0.25) is 10.1 Å². The number of rotatable bonds is 4. The molecule has 3 rings (SSSR count). The van der Waals surface area contributed by atoms with Crippen molar-refractivity contribution in [3.63, 3.8) is 0 Å². The molecule has 1 amide bonds. The molecule has 3 aromatic rings. The van der Waals surface area contributed by atoms with E-state index in [0.717, 1.165) is 4.88 Å². The van der Waals surface area contributed by atoms with Crippen LogP contribution in [0.5, 0.6) is 0 Å². The van der Waals surface area contributed by atoms with Gasteiger partial charge in [-0.25, -0.2) is 4.79 Å². The number of methoxy groups -OCH3 is 1. The Morgan fingerprint density at radius 2 is 1.87 bits per heavy atom. The normalized spacial score (nSPS) is 10.3. The molecule has 0 bridgehead atoms. The molecule has 23 heavy (non-hydrogen) atoms. The van der Waals surface area contributed by atoms with Crippen LogP contribution in [0, 0.1) is 0 Å². The summed E-state index contributed by atoms with van der Waals surface area (Å²) in [7, 11) is 1.30. The first-order valence-electron chi connectivity index (χ1n) is 6.54. The summed E-state index contributed by atoms with van der Waals surface area (Å²) >= 11 is 1.46. The first kappa shape index (κ1) is 14.9. The summed E-state index contributed by atoms with van der Waals surface area (Å²) in [5, 5.41) is 12.1. The molecule has 0 aliphatic rings. The molecule has 0 spiro atoms. The van der Waals surface area contributed by atoms with Crippen molar-refractivity contribution in [2.24, 2.45) is 0 Å².